The molecule has 0 radical (unpaired) electrons. The summed E-state index contributed by atoms with van der Waals surface area (Å²) in [5.41, 5.74) is 0.936. The van der Waals surface area contributed by atoms with Crippen molar-refractivity contribution in [3.63, 3.8) is 0 Å². The first-order chi connectivity index (χ1) is 10.6. The molecule has 22 heavy (non-hydrogen) atoms. The number of carboxylic acids is 1. The minimum atomic E-state index is -1.05. The molecule has 116 valence electrons. The highest BCUT2D eigenvalue weighted by molar-refractivity contribution is 5.85. The second-order valence-electron chi connectivity index (χ2n) is 4.61. The summed E-state index contributed by atoms with van der Waals surface area (Å²) in [6, 6.07) is 10.9. The van der Waals surface area contributed by atoms with Crippen molar-refractivity contribution < 1.29 is 19.4 Å². The number of ether oxygens (including phenoxy) is 1. The first kappa shape index (κ1) is 15.6. The second kappa shape index (κ2) is 7.82. The number of carbonyl (C=O) groups is 2. The van der Waals surface area contributed by atoms with Crippen LogP contribution in [-0.2, 0) is 17.9 Å². The van der Waals surface area contributed by atoms with E-state index in [2.05, 4.69) is 10.4 Å². The fourth-order valence-electron chi connectivity index (χ4n) is 1.81. The van der Waals surface area contributed by atoms with Gasteiger partial charge in [0.2, 0.25) is 0 Å². The van der Waals surface area contributed by atoms with Crippen molar-refractivity contribution in [2.75, 3.05) is 6.54 Å². The standard InChI is InChI=1S/C15H17N3O4/c19-14(20)13-7-10-18(17-13)9-4-8-16-15(21)22-11-12-5-2-1-3-6-12/h1-3,5-7,10H,4,8-9,11H2,(H,16,21)(H,19,20). The van der Waals surface area contributed by atoms with E-state index in [1.807, 2.05) is 30.3 Å². The number of carboxylic acid groups (broad SMARTS) is 1. The second-order valence-corrected chi connectivity index (χ2v) is 4.61. The molecule has 0 aliphatic heterocycles. The van der Waals surface area contributed by atoms with Crippen LogP contribution in [0.15, 0.2) is 42.6 Å². The van der Waals surface area contributed by atoms with E-state index in [1.54, 1.807) is 6.20 Å². The van der Waals surface area contributed by atoms with Gasteiger partial charge in [-0.2, -0.15) is 5.10 Å². The molecule has 0 bridgehead atoms. The zero-order chi connectivity index (χ0) is 15.8. The molecular formula is C15H17N3O4. The number of aromatic carboxylic acids is 1. The topological polar surface area (TPSA) is 93.5 Å². The van der Waals surface area contributed by atoms with Crippen LogP contribution in [0.3, 0.4) is 0 Å². The fourth-order valence-corrected chi connectivity index (χ4v) is 1.81. The average Bonchev–Trinajstić information content (AvgIpc) is 3.00. The Morgan fingerprint density at radius 1 is 1.23 bits per heavy atom. The van der Waals surface area contributed by atoms with E-state index in [1.165, 1.54) is 10.7 Å². The Balaban J connectivity index is 1.61. The zero-order valence-corrected chi connectivity index (χ0v) is 11.9. The zero-order valence-electron chi connectivity index (χ0n) is 11.9. The molecule has 2 aromatic rings. The molecule has 0 aliphatic carbocycles. The SMILES string of the molecule is O=C(NCCCn1ccc(C(=O)O)n1)OCc1ccccc1. The number of benzene rings is 1. The maximum Gasteiger partial charge on any atom is 0.407 e. The lowest BCUT2D eigenvalue weighted by Crippen LogP contribution is -2.26. The van der Waals surface area contributed by atoms with Crippen molar-refractivity contribution in [2.24, 2.45) is 0 Å². The predicted octanol–water partition coefficient (Wildman–Crippen LogP) is 1.90. The van der Waals surface area contributed by atoms with Gasteiger partial charge in [0.25, 0.3) is 0 Å². The summed E-state index contributed by atoms with van der Waals surface area (Å²) in [7, 11) is 0. The number of hydrogen-bond donors (Lipinski definition) is 2. The number of nitrogens with one attached hydrogen (secondary N) is 1. The van der Waals surface area contributed by atoms with Crippen molar-refractivity contribution in [3.8, 4) is 0 Å². The number of aromatic nitrogens is 2. The fraction of sp³-hybridized carbons (Fsp3) is 0.267. The molecule has 0 unspecified atom stereocenters. The molecule has 2 rings (SSSR count). The van der Waals surface area contributed by atoms with Crippen LogP contribution in [0.1, 0.15) is 22.5 Å². The van der Waals surface area contributed by atoms with Gasteiger partial charge in [-0.25, -0.2) is 9.59 Å². The number of rotatable bonds is 7. The summed E-state index contributed by atoms with van der Waals surface area (Å²) in [5.74, 6) is -1.05. The van der Waals surface area contributed by atoms with Gasteiger partial charge in [-0.3, -0.25) is 4.68 Å². The Labute approximate surface area is 127 Å². The first-order valence-corrected chi connectivity index (χ1v) is 6.86. The summed E-state index contributed by atoms with van der Waals surface area (Å²) in [5, 5.41) is 15.3. The Bertz CT molecular complexity index is 625. The van der Waals surface area contributed by atoms with Crippen LogP contribution >= 0.6 is 0 Å². The largest absolute Gasteiger partial charge is 0.476 e. The predicted molar refractivity (Wildman–Crippen MR) is 78.4 cm³/mol. The first-order valence-electron chi connectivity index (χ1n) is 6.86. The lowest BCUT2D eigenvalue weighted by Gasteiger charge is -2.07. The van der Waals surface area contributed by atoms with E-state index < -0.39 is 12.1 Å². The highest BCUT2D eigenvalue weighted by atomic mass is 16.5. The van der Waals surface area contributed by atoms with E-state index in [9.17, 15) is 9.59 Å². The van der Waals surface area contributed by atoms with Crippen LogP contribution in [0.25, 0.3) is 0 Å². The van der Waals surface area contributed by atoms with Gasteiger partial charge in [0.1, 0.15) is 6.61 Å². The highest BCUT2D eigenvalue weighted by Crippen LogP contribution is 2.00. The maximum absolute atomic E-state index is 11.5. The average molecular weight is 303 g/mol. The maximum atomic E-state index is 11.5. The molecule has 2 N–H and O–H groups in total. The number of nitrogens with zero attached hydrogens (tertiary/aromatic N) is 2. The van der Waals surface area contributed by atoms with Gasteiger partial charge >= 0.3 is 12.1 Å². The lowest BCUT2D eigenvalue weighted by molar-refractivity contribution is 0.0689. The van der Waals surface area contributed by atoms with Gasteiger partial charge < -0.3 is 15.2 Å². The Hall–Kier alpha value is -2.83. The highest BCUT2D eigenvalue weighted by Gasteiger charge is 2.06. The molecule has 1 aromatic heterocycles. The Morgan fingerprint density at radius 2 is 2.00 bits per heavy atom. The smallest absolute Gasteiger partial charge is 0.407 e. The molecule has 1 heterocycles. The van der Waals surface area contributed by atoms with Gasteiger partial charge in [-0.15, -0.1) is 0 Å². The number of carbonyl (C=O) groups excluding carboxylic acids is 1. The van der Waals surface area contributed by atoms with Crippen LogP contribution in [0.5, 0.6) is 0 Å². The van der Waals surface area contributed by atoms with Crippen molar-refractivity contribution >= 4 is 12.1 Å². The molecule has 0 fully saturated rings. The van der Waals surface area contributed by atoms with Crippen molar-refractivity contribution in [3.05, 3.63) is 53.9 Å². The normalized spacial score (nSPS) is 10.2. The number of alkyl carbamates (subject to hydrolysis) is 1. The molecule has 0 atom stereocenters. The van der Waals surface area contributed by atoms with Gasteiger partial charge in [-0.1, -0.05) is 30.3 Å². The summed E-state index contributed by atoms with van der Waals surface area (Å²) < 4.78 is 6.59. The third-order valence-corrected chi connectivity index (χ3v) is 2.91. The van der Waals surface area contributed by atoms with E-state index in [0.717, 1.165) is 5.56 Å². The van der Waals surface area contributed by atoms with Crippen molar-refractivity contribution in [1.82, 2.24) is 15.1 Å². The summed E-state index contributed by atoms with van der Waals surface area (Å²) in [4.78, 5) is 22.2. The molecule has 0 aliphatic rings. The van der Waals surface area contributed by atoms with Gasteiger partial charge in [0, 0.05) is 19.3 Å². The van der Waals surface area contributed by atoms with Crippen molar-refractivity contribution in [2.45, 2.75) is 19.6 Å². The van der Waals surface area contributed by atoms with Crippen molar-refractivity contribution in [1.29, 1.82) is 0 Å². The van der Waals surface area contributed by atoms with Crippen LogP contribution in [-0.4, -0.2) is 33.5 Å². The number of aryl methyl sites for hydroxylation is 1. The van der Waals surface area contributed by atoms with Crippen LogP contribution < -0.4 is 5.32 Å². The van der Waals surface area contributed by atoms with Gasteiger partial charge in [0.05, 0.1) is 0 Å². The number of amides is 1. The quantitative estimate of drug-likeness (QED) is 0.762. The molecule has 0 saturated carbocycles. The summed E-state index contributed by atoms with van der Waals surface area (Å²) in [6.07, 6.45) is 1.74. The third-order valence-electron chi connectivity index (χ3n) is 2.91. The van der Waals surface area contributed by atoms with E-state index >= 15 is 0 Å². The summed E-state index contributed by atoms with van der Waals surface area (Å²) >= 11 is 0. The molecule has 0 spiro atoms. The van der Waals surface area contributed by atoms with E-state index in [-0.39, 0.29) is 12.3 Å². The Kier molecular flexibility index (Phi) is 5.53. The Morgan fingerprint density at radius 3 is 2.68 bits per heavy atom. The summed E-state index contributed by atoms with van der Waals surface area (Å²) in [6.45, 7) is 1.18. The molecule has 1 aromatic carbocycles. The molecule has 0 saturated heterocycles. The molecule has 1 amide bonds. The van der Waals surface area contributed by atoms with E-state index in [4.69, 9.17) is 9.84 Å². The minimum absolute atomic E-state index is 0.00947. The van der Waals surface area contributed by atoms with Crippen LogP contribution in [0.4, 0.5) is 4.79 Å². The van der Waals surface area contributed by atoms with E-state index in [0.29, 0.717) is 19.5 Å². The van der Waals surface area contributed by atoms with Gasteiger partial charge in [-0.05, 0) is 18.1 Å². The molecule has 7 nitrogen and oxygen atoms in total. The lowest BCUT2D eigenvalue weighted by atomic mass is 10.2. The van der Waals surface area contributed by atoms with Gasteiger partial charge in [0.15, 0.2) is 5.69 Å². The minimum Gasteiger partial charge on any atom is -0.476 e. The van der Waals surface area contributed by atoms with Crippen LogP contribution in [0, 0.1) is 0 Å². The number of hydrogen-bond acceptors (Lipinski definition) is 4. The molecular weight excluding hydrogens is 286 g/mol. The third kappa shape index (κ3) is 4.93. The molecule has 7 heteroatoms. The van der Waals surface area contributed by atoms with Crippen LogP contribution in [0.2, 0.25) is 0 Å². The monoisotopic (exact) mass is 303 g/mol.